The Kier molecular flexibility index (Phi) is 2.99. The first-order chi connectivity index (χ1) is 10.9. The zero-order valence-corrected chi connectivity index (χ0v) is 14.6. The van der Waals surface area contributed by atoms with Gasteiger partial charge in [0.2, 0.25) is 0 Å². The van der Waals surface area contributed by atoms with Gasteiger partial charge in [-0.15, -0.1) is 0 Å². The Labute approximate surface area is 139 Å². The molecule has 2 N–H and O–H groups in total. The highest BCUT2D eigenvalue weighted by Gasteiger charge is 2.66. The number of rotatable bonds is 0. The summed E-state index contributed by atoms with van der Waals surface area (Å²) >= 11 is 0. The molecule has 1 spiro atoms. The third-order valence-electron chi connectivity index (χ3n) is 9.50. The van der Waals surface area contributed by atoms with Crippen molar-refractivity contribution in [2.24, 2.45) is 34.5 Å². The van der Waals surface area contributed by atoms with Gasteiger partial charge < -0.3 is 14.9 Å². The van der Waals surface area contributed by atoms with E-state index < -0.39 is 5.60 Å². The van der Waals surface area contributed by atoms with Crippen LogP contribution in [0.25, 0.3) is 0 Å². The standard InChI is InChI=1S/C20H32O3/c1-18-7-5-15-13(14(18)6-8-19(18,2)22)4-3-12-9-16(21)17-10-20(12,15)11-23-17/h12-17,21-22H,3-11H2,1-2H3/t12-,13-,14-,15-,16-,17-,18-,19-,20+/m0/s1. The number of hydrogen-bond donors (Lipinski definition) is 2. The first-order valence-electron chi connectivity index (χ1n) is 9.89. The van der Waals surface area contributed by atoms with Gasteiger partial charge in [0.05, 0.1) is 24.4 Å². The second-order valence-corrected chi connectivity index (χ2v) is 10.0. The van der Waals surface area contributed by atoms with Crippen molar-refractivity contribution >= 4 is 0 Å². The van der Waals surface area contributed by atoms with Crippen LogP contribution in [0.5, 0.6) is 0 Å². The highest BCUT2D eigenvalue weighted by Crippen LogP contribution is 2.69. The summed E-state index contributed by atoms with van der Waals surface area (Å²) < 4.78 is 6.08. The number of aliphatic hydroxyl groups excluding tert-OH is 1. The Balaban J connectivity index is 1.50. The molecule has 0 radical (unpaired) electrons. The highest BCUT2D eigenvalue weighted by atomic mass is 16.5. The van der Waals surface area contributed by atoms with Crippen LogP contribution in [0, 0.1) is 34.5 Å². The van der Waals surface area contributed by atoms with E-state index in [2.05, 4.69) is 13.8 Å². The van der Waals surface area contributed by atoms with Crippen molar-refractivity contribution < 1.29 is 14.9 Å². The highest BCUT2D eigenvalue weighted by molar-refractivity contribution is 5.15. The minimum atomic E-state index is -0.478. The smallest absolute Gasteiger partial charge is 0.0840 e. The van der Waals surface area contributed by atoms with Crippen molar-refractivity contribution in [1.82, 2.24) is 0 Å². The van der Waals surface area contributed by atoms with Gasteiger partial charge >= 0.3 is 0 Å². The van der Waals surface area contributed by atoms with Crippen LogP contribution in [-0.4, -0.2) is 34.6 Å². The van der Waals surface area contributed by atoms with Crippen molar-refractivity contribution in [2.45, 2.75) is 83.0 Å². The molecule has 0 aromatic rings. The zero-order chi connectivity index (χ0) is 16.0. The van der Waals surface area contributed by atoms with Gasteiger partial charge in [0, 0.05) is 5.41 Å². The van der Waals surface area contributed by atoms with E-state index in [-0.39, 0.29) is 17.6 Å². The van der Waals surface area contributed by atoms with Gasteiger partial charge in [-0.25, -0.2) is 0 Å². The second kappa shape index (κ2) is 4.53. The molecule has 0 aromatic carbocycles. The Bertz CT molecular complexity index is 517. The summed E-state index contributed by atoms with van der Waals surface area (Å²) in [4.78, 5) is 0. The van der Waals surface area contributed by atoms with Gasteiger partial charge in [-0.05, 0) is 87.4 Å². The fourth-order valence-corrected chi connectivity index (χ4v) is 7.97. The number of ether oxygens (including phenoxy) is 1. The van der Waals surface area contributed by atoms with Crippen LogP contribution in [0.3, 0.4) is 0 Å². The van der Waals surface area contributed by atoms with Crippen LogP contribution < -0.4 is 0 Å². The van der Waals surface area contributed by atoms with Crippen molar-refractivity contribution in [3.8, 4) is 0 Å². The van der Waals surface area contributed by atoms with E-state index in [4.69, 9.17) is 4.74 Å². The van der Waals surface area contributed by atoms with E-state index in [1.165, 1.54) is 32.1 Å². The van der Waals surface area contributed by atoms with E-state index in [0.717, 1.165) is 37.7 Å². The number of hydrogen-bond acceptors (Lipinski definition) is 3. The average Bonchev–Trinajstić information content (AvgIpc) is 3.00. The van der Waals surface area contributed by atoms with Crippen molar-refractivity contribution in [1.29, 1.82) is 0 Å². The molecule has 1 aliphatic heterocycles. The van der Waals surface area contributed by atoms with E-state index >= 15 is 0 Å². The maximum absolute atomic E-state index is 11.0. The molecule has 0 amide bonds. The second-order valence-electron chi connectivity index (χ2n) is 10.0. The summed E-state index contributed by atoms with van der Waals surface area (Å²) in [6.45, 7) is 5.34. The largest absolute Gasteiger partial charge is 0.390 e. The summed E-state index contributed by atoms with van der Waals surface area (Å²) in [5.74, 6) is 2.91. The van der Waals surface area contributed by atoms with Gasteiger partial charge in [0.15, 0.2) is 0 Å². The van der Waals surface area contributed by atoms with Crippen LogP contribution in [0.4, 0.5) is 0 Å². The zero-order valence-electron chi connectivity index (χ0n) is 14.6. The van der Waals surface area contributed by atoms with Crippen LogP contribution in [0.2, 0.25) is 0 Å². The molecular weight excluding hydrogens is 288 g/mol. The Hall–Kier alpha value is -0.120. The predicted octanol–water partition coefficient (Wildman–Crippen LogP) is 3.13. The summed E-state index contributed by atoms with van der Waals surface area (Å²) in [6, 6.07) is 0. The molecule has 4 aliphatic carbocycles. The topological polar surface area (TPSA) is 49.7 Å². The third-order valence-corrected chi connectivity index (χ3v) is 9.50. The SMILES string of the molecule is C[C@]1(O)CC[C@H]2[C@@H]3CC[C@H]4C[C@H](O)[C@@H]5C[C@]4(CO5)[C@H]3CC[C@@]21C. The summed E-state index contributed by atoms with van der Waals surface area (Å²) in [5.41, 5.74) is -0.0120. The van der Waals surface area contributed by atoms with Gasteiger partial charge in [-0.3, -0.25) is 0 Å². The minimum Gasteiger partial charge on any atom is -0.390 e. The van der Waals surface area contributed by atoms with E-state index in [1.54, 1.807) is 0 Å². The molecule has 5 fully saturated rings. The molecule has 5 rings (SSSR count). The number of fused-ring (bicyclic) bond motifs is 4. The first kappa shape index (κ1) is 15.2. The van der Waals surface area contributed by atoms with Gasteiger partial charge in [-0.2, -0.15) is 0 Å². The molecule has 9 atom stereocenters. The lowest BCUT2D eigenvalue weighted by molar-refractivity contribution is -0.148. The molecule has 0 aromatic heterocycles. The molecule has 1 saturated heterocycles. The monoisotopic (exact) mass is 320 g/mol. The normalized spacial score (nSPS) is 64.2. The molecule has 3 nitrogen and oxygen atoms in total. The summed E-state index contributed by atoms with van der Waals surface area (Å²) in [6.07, 6.45) is 9.13. The molecule has 4 saturated carbocycles. The van der Waals surface area contributed by atoms with E-state index in [0.29, 0.717) is 17.3 Å². The van der Waals surface area contributed by atoms with Crippen LogP contribution in [0.15, 0.2) is 0 Å². The third kappa shape index (κ3) is 1.72. The Morgan fingerprint density at radius 2 is 1.78 bits per heavy atom. The Morgan fingerprint density at radius 3 is 2.61 bits per heavy atom. The van der Waals surface area contributed by atoms with Crippen LogP contribution >= 0.6 is 0 Å². The minimum absolute atomic E-state index is 0.102. The average molecular weight is 320 g/mol. The van der Waals surface area contributed by atoms with Crippen molar-refractivity contribution in [3.05, 3.63) is 0 Å². The summed E-state index contributed by atoms with van der Waals surface area (Å²) in [7, 11) is 0. The lowest BCUT2D eigenvalue weighted by Crippen LogP contribution is -2.57. The predicted molar refractivity (Wildman–Crippen MR) is 87.8 cm³/mol. The van der Waals surface area contributed by atoms with Gasteiger partial charge in [-0.1, -0.05) is 6.92 Å². The fourth-order valence-electron chi connectivity index (χ4n) is 7.97. The van der Waals surface area contributed by atoms with Crippen LogP contribution in [-0.2, 0) is 4.74 Å². The lowest BCUT2D eigenvalue weighted by atomic mass is 9.44. The molecular formula is C20H32O3. The number of aliphatic hydroxyl groups is 2. The van der Waals surface area contributed by atoms with Gasteiger partial charge in [0.1, 0.15) is 0 Å². The molecule has 23 heavy (non-hydrogen) atoms. The quantitative estimate of drug-likeness (QED) is 0.721. The molecule has 1 heterocycles. The maximum atomic E-state index is 11.0. The van der Waals surface area contributed by atoms with E-state index in [9.17, 15) is 10.2 Å². The van der Waals surface area contributed by atoms with Crippen molar-refractivity contribution in [2.75, 3.05) is 6.61 Å². The maximum Gasteiger partial charge on any atom is 0.0840 e. The van der Waals surface area contributed by atoms with E-state index in [1.807, 2.05) is 0 Å². The molecule has 130 valence electrons. The molecule has 0 unspecified atom stereocenters. The van der Waals surface area contributed by atoms with Gasteiger partial charge in [0.25, 0.3) is 0 Å². The van der Waals surface area contributed by atoms with Crippen LogP contribution in [0.1, 0.15) is 65.2 Å². The molecule has 3 heteroatoms. The Morgan fingerprint density at radius 1 is 1.00 bits per heavy atom. The summed E-state index contributed by atoms with van der Waals surface area (Å²) in [5, 5.41) is 21.3. The van der Waals surface area contributed by atoms with Crippen molar-refractivity contribution in [3.63, 3.8) is 0 Å². The molecule has 2 bridgehead atoms. The first-order valence-corrected chi connectivity index (χ1v) is 9.89. The lowest BCUT2D eigenvalue weighted by Gasteiger charge is -2.60. The molecule has 5 aliphatic rings. The fraction of sp³-hybridized carbons (Fsp3) is 1.00.